The SMILES string of the molecule is Cn1c(=O)n(Cc2cccc3ccccc23)c(=O)c2c1nc(CNCCN)n2Cc1ccccc1C#N. The number of hydrogen-bond acceptors (Lipinski definition) is 6. The molecule has 0 unspecified atom stereocenters. The normalized spacial score (nSPS) is 11.3. The zero-order valence-electron chi connectivity index (χ0n) is 20.5. The highest BCUT2D eigenvalue weighted by Gasteiger charge is 2.21. The molecular formula is C28H27N7O2. The van der Waals surface area contributed by atoms with Crippen LogP contribution in [0.25, 0.3) is 21.9 Å². The fourth-order valence-corrected chi connectivity index (χ4v) is 4.70. The first-order valence-electron chi connectivity index (χ1n) is 12.1. The van der Waals surface area contributed by atoms with Crippen LogP contribution in [-0.2, 0) is 26.7 Å². The van der Waals surface area contributed by atoms with Gasteiger partial charge in [-0.3, -0.25) is 13.9 Å². The minimum absolute atomic E-state index is 0.128. The number of rotatable bonds is 8. The monoisotopic (exact) mass is 493 g/mol. The summed E-state index contributed by atoms with van der Waals surface area (Å²) < 4.78 is 4.48. The van der Waals surface area contributed by atoms with E-state index < -0.39 is 11.2 Å². The Labute approximate surface area is 213 Å². The van der Waals surface area contributed by atoms with Crippen molar-refractivity contribution in [3.8, 4) is 6.07 Å². The van der Waals surface area contributed by atoms with Crippen molar-refractivity contribution in [2.75, 3.05) is 13.1 Å². The Hall–Kier alpha value is -4.52. The van der Waals surface area contributed by atoms with E-state index in [-0.39, 0.29) is 13.1 Å². The molecule has 5 rings (SSSR count). The van der Waals surface area contributed by atoms with Crippen LogP contribution in [0, 0.1) is 11.3 Å². The molecule has 9 heteroatoms. The van der Waals surface area contributed by atoms with Crippen molar-refractivity contribution in [1.29, 1.82) is 5.26 Å². The van der Waals surface area contributed by atoms with Crippen molar-refractivity contribution in [2.24, 2.45) is 12.8 Å². The predicted molar refractivity (Wildman–Crippen MR) is 143 cm³/mol. The average molecular weight is 494 g/mol. The zero-order chi connectivity index (χ0) is 25.9. The standard InChI is InChI=1S/C28H27N7O2/c1-33-26-25(27(36)35(28(33)37)18-22-11-6-10-19-7-4-5-12-23(19)22)34(24(32-26)16-31-14-13-29)17-21-9-3-2-8-20(21)15-30/h2-12,31H,13-14,16-18,29H2,1H3. The highest BCUT2D eigenvalue weighted by Crippen LogP contribution is 2.20. The first-order chi connectivity index (χ1) is 18.0. The minimum atomic E-state index is -0.436. The molecule has 0 radical (unpaired) electrons. The van der Waals surface area contributed by atoms with Gasteiger partial charge >= 0.3 is 5.69 Å². The molecule has 0 aliphatic rings. The van der Waals surface area contributed by atoms with Crippen LogP contribution in [0.5, 0.6) is 0 Å². The summed E-state index contributed by atoms with van der Waals surface area (Å²) >= 11 is 0. The highest BCUT2D eigenvalue weighted by molar-refractivity contribution is 5.85. The third-order valence-electron chi connectivity index (χ3n) is 6.59. The fraction of sp³-hybridized carbons (Fsp3) is 0.214. The van der Waals surface area contributed by atoms with Crippen molar-refractivity contribution >= 4 is 21.9 Å². The van der Waals surface area contributed by atoms with Gasteiger partial charge in [0, 0.05) is 20.1 Å². The molecule has 2 aromatic heterocycles. The lowest BCUT2D eigenvalue weighted by molar-refractivity contribution is 0.629. The van der Waals surface area contributed by atoms with Crippen molar-refractivity contribution in [1.82, 2.24) is 24.0 Å². The first-order valence-corrected chi connectivity index (χ1v) is 12.1. The molecular weight excluding hydrogens is 466 g/mol. The largest absolute Gasteiger partial charge is 0.332 e. The lowest BCUT2D eigenvalue weighted by Crippen LogP contribution is -2.40. The van der Waals surface area contributed by atoms with Gasteiger partial charge < -0.3 is 15.6 Å². The molecule has 0 atom stereocenters. The van der Waals surface area contributed by atoms with E-state index >= 15 is 0 Å². The van der Waals surface area contributed by atoms with E-state index in [4.69, 9.17) is 5.73 Å². The van der Waals surface area contributed by atoms with Crippen LogP contribution in [0.4, 0.5) is 0 Å². The van der Waals surface area contributed by atoms with Crippen LogP contribution in [0.15, 0.2) is 76.3 Å². The summed E-state index contributed by atoms with van der Waals surface area (Å²) in [6.45, 7) is 1.78. The van der Waals surface area contributed by atoms with E-state index in [2.05, 4.69) is 16.4 Å². The summed E-state index contributed by atoms with van der Waals surface area (Å²) in [5, 5.41) is 14.9. The molecule has 3 aromatic carbocycles. The maximum atomic E-state index is 13.9. The molecule has 0 saturated carbocycles. The van der Waals surface area contributed by atoms with Crippen molar-refractivity contribution in [3.63, 3.8) is 0 Å². The van der Waals surface area contributed by atoms with Gasteiger partial charge in [-0.15, -0.1) is 0 Å². The Balaban J connectivity index is 1.71. The van der Waals surface area contributed by atoms with E-state index in [1.165, 1.54) is 9.13 Å². The summed E-state index contributed by atoms with van der Waals surface area (Å²) in [5.74, 6) is 0.589. The molecule has 0 aliphatic heterocycles. The number of aryl methyl sites for hydroxylation is 1. The number of nitrogens with two attached hydrogens (primary N) is 1. The Morgan fingerprint density at radius 2 is 1.65 bits per heavy atom. The molecule has 0 aliphatic carbocycles. The number of hydrogen-bond donors (Lipinski definition) is 2. The van der Waals surface area contributed by atoms with E-state index in [1.807, 2.05) is 54.6 Å². The Morgan fingerprint density at radius 3 is 2.46 bits per heavy atom. The second-order valence-electron chi connectivity index (χ2n) is 8.89. The number of benzene rings is 3. The van der Waals surface area contributed by atoms with Gasteiger partial charge in [-0.1, -0.05) is 60.7 Å². The number of nitrogens with one attached hydrogen (secondary N) is 1. The summed E-state index contributed by atoms with van der Waals surface area (Å²) in [5.41, 5.74) is 7.58. The Bertz CT molecular complexity index is 1770. The molecule has 3 N–H and O–H groups in total. The number of nitriles is 1. The van der Waals surface area contributed by atoms with Crippen LogP contribution >= 0.6 is 0 Å². The van der Waals surface area contributed by atoms with Gasteiger partial charge in [0.15, 0.2) is 11.2 Å². The molecule has 0 spiro atoms. The first kappa shape index (κ1) is 24.2. The molecule has 0 saturated heterocycles. The quantitative estimate of drug-likeness (QED) is 0.319. The second kappa shape index (κ2) is 10.2. The molecule has 5 aromatic rings. The maximum Gasteiger partial charge on any atom is 0.332 e. The average Bonchev–Trinajstić information content (AvgIpc) is 3.28. The molecule has 37 heavy (non-hydrogen) atoms. The van der Waals surface area contributed by atoms with E-state index in [9.17, 15) is 14.9 Å². The van der Waals surface area contributed by atoms with Crippen LogP contribution in [-0.4, -0.2) is 31.8 Å². The molecule has 186 valence electrons. The van der Waals surface area contributed by atoms with Gasteiger partial charge in [-0.05, 0) is 28.0 Å². The lowest BCUT2D eigenvalue weighted by Gasteiger charge is -2.13. The smallest absolute Gasteiger partial charge is 0.329 e. The van der Waals surface area contributed by atoms with Crippen LogP contribution in [0.2, 0.25) is 0 Å². The van der Waals surface area contributed by atoms with Crippen molar-refractivity contribution < 1.29 is 0 Å². The topological polar surface area (TPSA) is 124 Å². The predicted octanol–water partition coefficient (Wildman–Crippen LogP) is 2.07. The van der Waals surface area contributed by atoms with Gasteiger partial charge in [-0.25, -0.2) is 9.78 Å². The van der Waals surface area contributed by atoms with E-state index in [1.54, 1.807) is 23.7 Å². The number of imidazole rings is 1. The zero-order valence-corrected chi connectivity index (χ0v) is 20.5. The number of aromatic nitrogens is 4. The van der Waals surface area contributed by atoms with Gasteiger partial charge in [0.1, 0.15) is 5.82 Å². The van der Waals surface area contributed by atoms with Crippen LogP contribution in [0.3, 0.4) is 0 Å². The minimum Gasteiger partial charge on any atom is -0.329 e. The van der Waals surface area contributed by atoms with Gasteiger partial charge in [-0.2, -0.15) is 5.26 Å². The highest BCUT2D eigenvalue weighted by atomic mass is 16.2. The van der Waals surface area contributed by atoms with Gasteiger partial charge in [0.05, 0.1) is 31.3 Å². The summed E-state index contributed by atoms with van der Waals surface area (Å²) in [6, 6.07) is 23.2. The number of fused-ring (bicyclic) bond motifs is 2. The van der Waals surface area contributed by atoms with Crippen molar-refractivity contribution in [2.45, 2.75) is 19.6 Å². The van der Waals surface area contributed by atoms with E-state index in [0.717, 1.165) is 21.9 Å². The second-order valence-corrected chi connectivity index (χ2v) is 8.89. The maximum absolute atomic E-state index is 13.9. The fourth-order valence-electron chi connectivity index (χ4n) is 4.70. The molecule has 2 heterocycles. The van der Waals surface area contributed by atoms with Gasteiger partial charge in [0.25, 0.3) is 5.56 Å². The third kappa shape index (κ3) is 4.44. The summed E-state index contributed by atoms with van der Waals surface area (Å²) in [4.78, 5) is 32.0. The molecule has 0 fully saturated rings. The summed E-state index contributed by atoms with van der Waals surface area (Å²) in [6.07, 6.45) is 0. The summed E-state index contributed by atoms with van der Waals surface area (Å²) in [7, 11) is 1.63. The van der Waals surface area contributed by atoms with Gasteiger partial charge in [0.2, 0.25) is 0 Å². The van der Waals surface area contributed by atoms with Crippen molar-refractivity contribution in [3.05, 3.63) is 110 Å². The third-order valence-corrected chi connectivity index (χ3v) is 6.59. The van der Waals surface area contributed by atoms with E-state index in [0.29, 0.717) is 42.2 Å². The van der Waals surface area contributed by atoms with Crippen LogP contribution < -0.4 is 22.3 Å². The molecule has 0 bridgehead atoms. The lowest BCUT2D eigenvalue weighted by atomic mass is 10.0. The molecule has 9 nitrogen and oxygen atoms in total. The van der Waals surface area contributed by atoms with Crippen LogP contribution in [0.1, 0.15) is 22.5 Å². The Morgan fingerprint density at radius 1 is 0.946 bits per heavy atom. The molecule has 0 amide bonds. The number of nitrogens with zero attached hydrogens (tertiary/aromatic N) is 5. The Kier molecular flexibility index (Phi) is 6.68.